The van der Waals surface area contributed by atoms with Gasteiger partial charge in [0.2, 0.25) is 5.89 Å². The van der Waals surface area contributed by atoms with Crippen molar-refractivity contribution in [3.63, 3.8) is 0 Å². The van der Waals surface area contributed by atoms with E-state index in [1.807, 2.05) is 36.4 Å². The molecule has 6 rings (SSSR count). The number of phenols is 1. The molecule has 1 N–H and O–H groups in total. The third kappa shape index (κ3) is 6.78. The zero-order valence-corrected chi connectivity index (χ0v) is 28.7. The third-order valence-electron chi connectivity index (χ3n) is 8.82. The van der Waals surface area contributed by atoms with Crippen molar-refractivity contribution in [1.29, 1.82) is 0 Å². The average Bonchev–Trinajstić information content (AvgIpc) is 3.47. The summed E-state index contributed by atoms with van der Waals surface area (Å²) >= 11 is 0. The van der Waals surface area contributed by atoms with Crippen molar-refractivity contribution in [2.75, 3.05) is 0 Å². The Morgan fingerprint density at radius 2 is 1.38 bits per heavy atom. The van der Waals surface area contributed by atoms with E-state index in [4.69, 9.17) is 14.4 Å². The molecule has 1 aromatic heterocycles. The minimum atomic E-state index is -0.0913. The van der Waals surface area contributed by atoms with Crippen molar-refractivity contribution in [3.05, 3.63) is 125 Å². The Balaban J connectivity index is 1.45. The number of aromatic hydroxyl groups is 1. The quantitative estimate of drug-likeness (QED) is 0.188. The SMILES string of the molecule is CC(C)c1ccc(-c2cccc(-c3cc(C(C)(C)C)cc4oc(-c5ccccc5N=Cc5cc(C(C)(C)C)ccc5O)nc34)c2)cc1. The standard InChI is InChI=1S/C43H44N2O2/c1-27(2)28-16-18-29(19-17-28)30-12-11-13-31(22-30)36-24-34(43(6,7)8)25-39-40(36)45-41(47-39)35-14-9-10-15-37(35)44-26-32-23-33(42(3,4)5)20-21-38(32)46/h9-27,46H,1-8H3. The molecule has 0 unspecified atom stereocenters. The summed E-state index contributed by atoms with van der Waals surface area (Å²) < 4.78 is 6.55. The van der Waals surface area contributed by atoms with Crippen LogP contribution < -0.4 is 0 Å². The Labute approximate surface area is 278 Å². The monoisotopic (exact) mass is 620 g/mol. The van der Waals surface area contributed by atoms with Crippen LogP contribution in [-0.2, 0) is 10.8 Å². The van der Waals surface area contributed by atoms with Gasteiger partial charge in [0.05, 0.1) is 11.3 Å². The van der Waals surface area contributed by atoms with Gasteiger partial charge in [-0.2, -0.15) is 0 Å². The summed E-state index contributed by atoms with van der Waals surface area (Å²) in [5.74, 6) is 1.19. The smallest absolute Gasteiger partial charge is 0.229 e. The van der Waals surface area contributed by atoms with Crippen LogP contribution in [-0.4, -0.2) is 16.3 Å². The minimum absolute atomic E-state index is 0.0477. The summed E-state index contributed by atoms with van der Waals surface area (Å²) in [6.07, 6.45) is 1.72. The van der Waals surface area contributed by atoms with E-state index >= 15 is 0 Å². The van der Waals surface area contributed by atoms with Crippen molar-refractivity contribution >= 4 is 23.0 Å². The molecule has 0 aliphatic rings. The van der Waals surface area contributed by atoms with Crippen LogP contribution >= 0.6 is 0 Å². The molecule has 4 nitrogen and oxygen atoms in total. The summed E-state index contributed by atoms with van der Waals surface area (Å²) in [5.41, 5.74) is 11.7. The van der Waals surface area contributed by atoms with Gasteiger partial charge in [0.1, 0.15) is 11.3 Å². The molecule has 0 saturated heterocycles. The van der Waals surface area contributed by atoms with Gasteiger partial charge < -0.3 is 9.52 Å². The van der Waals surface area contributed by atoms with Crippen LogP contribution in [0.3, 0.4) is 0 Å². The van der Waals surface area contributed by atoms with E-state index in [2.05, 4.69) is 116 Å². The van der Waals surface area contributed by atoms with Gasteiger partial charge in [-0.25, -0.2) is 4.98 Å². The fraction of sp³-hybridized carbons (Fsp3) is 0.256. The van der Waals surface area contributed by atoms with Gasteiger partial charge in [-0.15, -0.1) is 0 Å². The van der Waals surface area contributed by atoms with Gasteiger partial charge in [0, 0.05) is 17.3 Å². The molecular weight excluding hydrogens is 576 g/mol. The second-order valence-electron chi connectivity index (χ2n) is 14.8. The summed E-state index contributed by atoms with van der Waals surface area (Å²) in [5, 5.41) is 10.6. The highest BCUT2D eigenvalue weighted by Gasteiger charge is 2.22. The van der Waals surface area contributed by atoms with Crippen LogP contribution in [0, 0.1) is 0 Å². The number of rotatable bonds is 6. The van der Waals surface area contributed by atoms with Crippen LogP contribution in [0.5, 0.6) is 5.75 Å². The summed E-state index contributed by atoms with van der Waals surface area (Å²) in [7, 11) is 0. The number of para-hydroxylation sites is 1. The maximum Gasteiger partial charge on any atom is 0.229 e. The summed E-state index contributed by atoms with van der Waals surface area (Å²) in [6.45, 7) is 17.6. The molecule has 238 valence electrons. The number of nitrogens with zero attached hydrogens (tertiary/aromatic N) is 2. The topological polar surface area (TPSA) is 58.6 Å². The van der Waals surface area contributed by atoms with Gasteiger partial charge >= 0.3 is 0 Å². The van der Waals surface area contributed by atoms with Gasteiger partial charge in [0.25, 0.3) is 0 Å². The number of aromatic nitrogens is 1. The second kappa shape index (κ2) is 12.3. The second-order valence-corrected chi connectivity index (χ2v) is 14.8. The van der Waals surface area contributed by atoms with E-state index in [-0.39, 0.29) is 16.6 Å². The fourth-order valence-corrected chi connectivity index (χ4v) is 5.76. The van der Waals surface area contributed by atoms with Crippen molar-refractivity contribution < 1.29 is 9.52 Å². The van der Waals surface area contributed by atoms with Crippen LogP contribution in [0.15, 0.2) is 113 Å². The molecule has 5 aromatic carbocycles. The predicted octanol–water partition coefficient (Wildman–Crippen LogP) is 12.0. The Hall–Kier alpha value is -4.96. The van der Waals surface area contributed by atoms with Crippen LogP contribution in [0.4, 0.5) is 5.69 Å². The molecule has 47 heavy (non-hydrogen) atoms. The number of hydrogen-bond donors (Lipinski definition) is 1. The lowest BCUT2D eigenvalue weighted by molar-refractivity contribution is 0.473. The zero-order chi connectivity index (χ0) is 33.5. The van der Waals surface area contributed by atoms with E-state index in [1.165, 1.54) is 16.7 Å². The number of aliphatic imine (C=N–C) groups is 1. The summed E-state index contributed by atoms with van der Waals surface area (Å²) in [6, 6.07) is 35.4. The molecule has 0 atom stereocenters. The van der Waals surface area contributed by atoms with Gasteiger partial charge in [-0.3, -0.25) is 4.99 Å². The molecule has 0 saturated carbocycles. The number of oxazole rings is 1. The van der Waals surface area contributed by atoms with Crippen LogP contribution in [0.25, 0.3) is 44.8 Å². The van der Waals surface area contributed by atoms with E-state index < -0.39 is 0 Å². The van der Waals surface area contributed by atoms with E-state index in [0.29, 0.717) is 23.1 Å². The first-order valence-corrected chi connectivity index (χ1v) is 16.4. The lowest BCUT2D eigenvalue weighted by Crippen LogP contribution is -2.11. The number of phenolic OH excluding ortho intramolecular Hbond substituents is 1. The van der Waals surface area contributed by atoms with Gasteiger partial charge in [-0.05, 0) is 92.6 Å². The van der Waals surface area contributed by atoms with Crippen LogP contribution in [0.1, 0.15) is 83.6 Å². The first-order chi connectivity index (χ1) is 22.3. The highest BCUT2D eigenvalue weighted by molar-refractivity contribution is 5.95. The molecule has 4 heteroatoms. The highest BCUT2D eigenvalue weighted by Crippen LogP contribution is 2.39. The molecule has 0 radical (unpaired) electrons. The minimum Gasteiger partial charge on any atom is -0.507 e. The predicted molar refractivity (Wildman–Crippen MR) is 197 cm³/mol. The first-order valence-electron chi connectivity index (χ1n) is 16.4. The lowest BCUT2D eigenvalue weighted by atomic mass is 9.84. The van der Waals surface area contributed by atoms with E-state index in [9.17, 15) is 5.11 Å². The van der Waals surface area contributed by atoms with E-state index in [1.54, 1.807) is 12.3 Å². The zero-order valence-electron chi connectivity index (χ0n) is 28.7. The number of fused-ring (bicyclic) bond motifs is 1. The van der Waals surface area contributed by atoms with E-state index in [0.717, 1.165) is 38.9 Å². The van der Waals surface area contributed by atoms with Crippen LogP contribution in [0.2, 0.25) is 0 Å². The largest absolute Gasteiger partial charge is 0.507 e. The Kier molecular flexibility index (Phi) is 8.40. The summed E-state index contributed by atoms with van der Waals surface area (Å²) in [4.78, 5) is 9.93. The third-order valence-corrected chi connectivity index (χ3v) is 8.82. The molecule has 6 aromatic rings. The molecule has 0 aliphatic heterocycles. The molecule has 0 aliphatic carbocycles. The van der Waals surface area contributed by atoms with Crippen molar-refractivity contribution in [2.45, 2.75) is 72.1 Å². The Bertz CT molecular complexity index is 2080. The Morgan fingerprint density at radius 3 is 2.09 bits per heavy atom. The van der Waals surface area contributed by atoms with Crippen molar-refractivity contribution in [3.8, 4) is 39.5 Å². The molecule has 0 fully saturated rings. The normalized spacial score (nSPS) is 12.4. The molecular formula is C43H44N2O2. The van der Waals surface area contributed by atoms with Gasteiger partial charge in [-0.1, -0.05) is 116 Å². The molecule has 0 bridgehead atoms. The maximum atomic E-state index is 10.6. The Morgan fingerprint density at radius 1 is 0.681 bits per heavy atom. The highest BCUT2D eigenvalue weighted by atomic mass is 16.3. The first kappa shape index (κ1) is 32.0. The molecule has 0 amide bonds. The molecule has 1 heterocycles. The number of hydrogen-bond acceptors (Lipinski definition) is 4. The van der Waals surface area contributed by atoms with Gasteiger partial charge in [0.15, 0.2) is 5.58 Å². The fourth-order valence-electron chi connectivity index (χ4n) is 5.76. The average molecular weight is 621 g/mol. The van der Waals surface area contributed by atoms with Crippen molar-refractivity contribution in [2.24, 2.45) is 4.99 Å². The van der Waals surface area contributed by atoms with Crippen molar-refractivity contribution in [1.82, 2.24) is 4.98 Å². The number of benzene rings is 5. The maximum absolute atomic E-state index is 10.6. The lowest BCUT2D eigenvalue weighted by Gasteiger charge is -2.20. The molecule has 0 spiro atoms.